The van der Waals surface area contributed by atoms with Crippen LogP contribution in [0.4, 0.5) is 5.69 Å². The number of carboxylic acid groups (broad SMARTS) is 1. The summed E-state index contributed by atoms with van der Waals surface area (Å²) in [6, 6.07) is 11.5. The van der Waals surface area contributed by atoms with Crippen LogP contribution in [0.1, 0.15) is 15.9 Å². The number of nitro groups is 1. The summed E-state index contributed by atoms with van der Waals surface area (Å²) in [5.41, 5.74) is -0.412. The summed E-state index contributed by atoms with van der Waals surface area (Å²) in [4.78, 5) is 22.0. The zero-order valence-corrected chi connectivity index (χ0v) is 13.2. The second kappa shape index (κ2) is 6.69. The number of benzene rings is 3. The molecule has 0 saturated heterocycles. The molecule has 0 bridgehead atoms. The average molecular weight is 355 g/mol. The van der Waals surface area contributed by atoms with Crippen LogP contribution < -0.4 is 4.74 Å². The van der Waals surface area contributed by atoms with Gasteiger partial charge in [-0.1, -0.05) is 30.3 Å². The number of fused-ring (bicyclic) bond motifs is 1. The van der Waals surface area contributed by atoms with Crippen LogP contribution in [0.15, 0.2) is 48.5 Å². The Bertz CT molecular complexity index is 1030. The fourth-order valence-corrected chi connectivity index (χ4v) is 2.58. The predicted octanol–water partition coefficient (Wildman–Crippen LogP) is 3.44. The Morgan fingerprint density at radius 1 is 1.08 bits per heavy atom. The molecular weight excluding hydrogens is 342 g/mol. The van der Waals surface area contributed by atoms with Gasteiger partial charge in [-0.2, -0.15) is 0 Å². The second-order valence-corrected chi connectivity index (χ2v) is 5.44. The number of aliphatic hydroxyl groups excluding tert-OH is 1. The molecule has 8 nitrogen and oxygen atoms in total. The first kappa shape index (κ1) is 17.2. The minimum atomic E-state index is -1.36. The first-order chi connectivity index (χ1) is 12.4. The fourth-order valence-electron chi connectivity index (χ4n) is 2.58. The van der Waals surface area contributed by atoms with E-state index in [1.165, 1.54) is 24.3 Å². The van der Waals surface area contributed by atoms with Crippen molar-refractivity contribution in [1.82, 2.24) is 0 Å². The molecule has 0 aromatic heterocycles. The van der Waals surface area contributed by atoms with Gasteiger partial charge in [0.1, 0.15) is 17.1 Å². The van der Waals surface area contributed by atoms with Crippen molar-refractivity contribution in [2.45, 2.75) is 6.61 Å². The lowest BCUT2D eigenvalue weighted by molar-refractivity contribution is -0.385. The second-order valence-electron chi connectivity index (χ2n) is 5.44. The van der Waals surface area contributed by atoms with Crippen LogP contribution in [0.5, 0.6) is 17.2 Å². The van der Waals surface area contributed by atoms with Crippen molar-refractivity contribution in [3.63, 3.8) is 0 Å². The van der Waals surface area contributed by atoms with E-state index < -0.39 is 16.6 Å². The quantitative estimate of drug-likeness (QED) is 0.472. The first-order valence-corrected chi connectivity index (χ1v) is 7.46. The molecule has 0 aliphatic carbocycles. The van der Waals surface area contributed by atoms with Gasteiger partial charge in [0, 0.05) is 16.8 Å². The predicted molar refractivity (Wildman–Crippen MR) is 91.7 cm³/mol. The van der Waals surface area contributed by atoms with Crippen molar-refractivity contribution >= 4 is 22.4 Å². The van der Waals surface area contributed by atoms with Crippen molar-refractivity contribution in [2.75, 3.05) is 0 Å². The van der Waals surface area contributed by atoms with Gasteiger partial charge in [-0.05, 0) is 17.7 Å². The third kappa shape index (κ3) is 3.01. The standard InChI is InChI=1S/C18H13NO7/c20-9-10-5-6-15(14(7-10)19(24)25)26-16-8-13(18(22)23)17(21)12-4-2-1-3-11(12)16/h1-8,20-21H,9H2,(H,22,23). The number of carboxylic acids is 1. The normalized spacial score (nSPS) is 10.7. The number of hydrogen-bond acceptors (Lipinski definition) is 6. The molecule has 0 saturated carbocycles. The van der Waals surface area contributed by atoms with Crippen LogP contribution in [0.2, 0.25) is 0 Å². The maximum Gasteiger partial charge on any atom is 0.339 e. The molecule has 0 aliphatic heterocycles. The van der Waals surface area contributed by atoms with E-state index in [1.54, 1.807) is 18.2 Å². The van der Waals surface area contributed by atoms with Gasteiger partial charge >= 0.3 is 11.7 Å². The van der Waals surface area contributed by atoms with E-state index in [9.17, 15) is 25.1 Å². The Morgan fingerprint density at radius 2 is 1.77 bits per heavy atom. The van der Waals surface area contributed by atoms with Crippen molar-refractivity contribution in [3.05, 3.63) is 69.8 Å². The van der Waals surface area contributed by atoms with Gasteiger partial charge in [0.25, 0.3) is 0 Å². The SMILES string of the molecule is O=C(O)c1cc(Oc2ccc(CO)cc2[N+](=O)[O-])c2ccccc2c1O. The molecule has 8 heteroatoms. The Morgan fingerprint density at radius 3 is 2.38 bits per heavy atom. The molecule has 132 valence electrons. The summed E-state index contributed by atoms with van der Waals surface area (Å²) >= 11 is 0. The zero-order valence-electron chi connectivity index (χ0n) is 13.2. The highest BCUT2D eigenvalue weighted by atomic mass is 16.6. The van der Waals surface area contributed by atoms with E-state index >= 15 is 0 Å². The molecule has 0 spiro atoms. The lowest BCUT2D eigenvalue weighted by Gasteiger charge is -2.12. The molecule has 0 heterocycles. The van der Waals surface area contributed by atoms with Gasteiger partial charge < -0.3 is 20.1 Å². The molecule has 0 unspecified atom stereocenters. The van der Waals surface area contributed by atoms with E-state index in [2.05, 4.69) is 0 Å². The monoisotopic (exact) mass is 355 g/mol. The summed E-state index contributed by atoms with van der Waals surface area (Å²) in [6.07, 6.45) is 0. The van der Waals surface area contributed by atoms with Crippen LogP contribution >= 0.6 is 0 Å². The summed E-state index contributed by atoms with van der Waals surface area (Å²) < 4.78 is 5.63. The van der Waals surface area contributed by atoms with Gasteiger partial charge in [-0.15, -0.1) is 0 Å². The van der Waals surface area contributed by atoms with Gasteiger partial charge in [0.2, 0.25) is 5.75 Å². The number of ether oxygens (including phenoxy) is 1. The summed E-state index contributed by atoms with van der Waals surface area (Å²) in [5, 5.41) is 40.5. The number of nitrogens with zero attached hydrogens (tertiary/aromatic N) is 1. The fraction of sp³-hybridized carbons (Fsp3) is 0.0556. The van der Waals surface area contributed by atoms with Crippen LogP contribution in [0.25, 0.3) is 10.8 Å². The Balaban J connectivity index is 2.20. The maximum absolute atomic E-state index is 11.4. The molecule has 0 fully saturated rings. The Kier molecular flexibility index (Phi) is 4.42. The van der Waals surface area contributed by atoms with Crippen molar-refractivity contribution in [2.24, 2.45) is 0 Å². The van der Waals surface area contributed by atoms with Crippen LogP contribution in [0, 0.1) is 10.1 Å². The minimum Gasteiger partial charge on any atom is -0.506 e. The number of nitro benzene ring substituents is 1. The molecular formula is C18H13NO7. The van der Waals surface area contributed by atoms with E-state index in [4.69, 9.17) is 9.84 Å². The summed E-state index contributed by atoms with van der Waals surface area (Å²) in [6.45, 7) is -0.369. The number of rotatable bonds is 5. The topological polar surface area (TPSA) is 130 Å². The molecule has 26 heavy (non-hydrogen) atoms. The Hall–Kier alpha value is -3.65. The van der Waals surface area contributed by atoms with Crippen LogP contribution in [-0.4, -0.2) is 26.2 Å². The molecule has 0 aliphatic rings. The maximum atomic E-state index is 11.4. The van der Waals surface area contributed by atoms with E-state index in [-0.39, 0.29) is 34.7 Å². The third-order valence-corrected chi connectivity index (χ3v) is 3.83. The highest BCUT2D eigenvalue weighted by Gasteiger charge is 2.21. The molecule has 3 N–H and O–H groups in total. The largest absolute Gasteiger partial charge is 0.506 e. The molecule has 0 radical (unpaired) electrons. The number of carbonyl (C=O) groups is 1. The molecule has 0 atom stereocenters. The van der Waals surface area contributed by atoms with Crippen LogP contribution in [-0.2, 0) is 6.61 Å². The van der Waals surface area contributed by atoms with Gasteiger partial charge in [0.15, 0.2) is 0 Å². The molecule has 3 rings (SSSR count). The summed E-state index contributed by atoms with van der Waals surface area (Å²) in [5.74, 6) is -1.83. The molecule has 3 aromatic carbocycles. The van der Waals surface area contributed by atoms with Gasteiger partial charge in [0.05, 0.1) is 11.5 Å². The molecule has 0 amide bonds. The highest BCUT2D eigenvalue weighted by Crippen LogP contribution is 2.40. The first-order valence-electron chi connectivity index (χ1n) is 7.46. The van der Waals surface area contributed by atoms with Crippen molar-refractivity contribution in [3.8, 4) is 17.2 Å². The smallest absolute Gasteiger partial charge is 0.339 e. The number of hydrogen-bond donors (Lipinski definition) is 3. The number of aliphatic hydroxyl groups is 1. The van der Waals surface area contributed by atoms with E-state index in [1.807, 2.05) is 0 Å². The lowest BCUT2D eigenvalue weighted by atomic mass is 10.0. The van der Waals surface area contributed by atoms with Gasteiger partial charge in [-0.3, -0.25) is 10.1 Å². The average Bonchev–Trinajstić information content (AvgIpc) is 2.63. The van der Waals surface area contributed by atoms with Crippen LogP contribution in [0.3, 0.4) is 0 Å². The van der Waals surface area contributed by atoms with Gasteiger partial charge in [-0.25, -0.2) is 4.79 Å². The van der Waals surface area contributed by atoms with Crippen molar-refractivity contribution < 1.29 is 29.8 Å². The van der Waals surface area contributed by atoms with Crippen molar-refractivity contribution in [1.29, 1.82) is 0 Å². The van der Waals surface area contributed by atoms with E-state index in [0.29, 0.717) is 10.9 Å². The molecule has 3 aromatic rings. The number of aromatic carboxylic acids is 1. The number of phenols is 1. The lowest BCUT2D eigenvalue weighted by Crippen LogP contribution is -2.00. The zero-order chi connectivity index (χ0) is 18.8. The third-order valence-electron chi connectivity index (χ3n) is 3.83. The minimum absolute atomic E-state index is 0.0515. The number of aromatic hydroxyl groups is 1. The highest BCUT2D eigenvalue weighted by molar-refractivity contribution is 6.03. The summed E-state index contributed by atoms with van der Waals surface area (Å²) in [7, 11) is 0. The van der Waals surface area contributed by atoms with E-state index in [0.717, 1.165) is 6.07 Å². The Labute approximate surface area is 146 Å².